The molecule has 2 atom stereocenters. The van der Waals surface area contributed by atoms with E-state index in [0.717, 1.165) is 24.7 Å². The van der Waals surface area contributed by atoms with Crippen molar-refractivity contribution in [1.82, 2.24) is 5.32 Å². The number of nitrogens with two attached hydrogens (primary N) is 1. The third kappa shape index (κ3) is 1.85. The van der Waals surface area contributed by atoms with Crippen LogP contribution in [0.4, 0.5) is 0 Å². The summed E-state index contributed by atoms with van der Waals surface area (Å²) in [6.07, 6.45) is 4.64. The van der Waals surface area contributed by atoms with E-state index in [2.05, 4.69) is 5.32 Å². The number of nitrogens with one attached hydrogen (secondary N) is 1. The number of carbonyl (C=O) groups excluding carboxylic acids is 1. The Hall–Kier alpha value is -0.570. The number of fused-ring (bicyclic) bond motifs is 1. The van der Waals surface area contributed by atoms with E-state index in [1.165, 1.54) is 12.8 Å². The lowest BCUT2D eigenvalue weighted by atomic mass is 10.0. The zero-order valence-electron chi connectivity index (χ0n) is 8.12. The second-order valence-electron chi connectivity index (χ2n) is 4.62. The molecular weight excluding hydrogens is 164 g/mol. The molecule has 0 aliphatic heterocycles. The predicted molar refractivity (Wildman–Crippen MR) is 51.0 cm³/mol. The molecule has 0 bridgehead atoms. The molecule has 0 aromatic heterocycles. The Labute approximate surface area is 79.1 Å². The normalized spacial score (nSPS) is 43.2. The van der Waals surface area contributed by atoms with Crippen LogP contribution in [0.25, 0.3) is 0 Å². The molecule has 3 heteroatoms. The molecule has 0 saturated heterocycles. The van der Waals surface area contributed by atoms with E-state index >= 15 is 0 Å². The van der Waals surface area contributed by atoms with Gasteiger partial charge in [-0.3, -0.25) is 4.79 Å². The first-order valence-electron chi connectivity index (χ1n) is 5.18. The minimum absolute atomic E-state index is 0.106. The van der Waals surface area contributed by atoms with Crippen LogP contribution in [0.3, 0.4) is 0 Å². The highest BCUT2D eigenvalue weighted by Gasteiger charge is 2.40. The first kappa shape index (κ1) is 9.00. The molecule has 0 radical (unpaired) electrons. The van der Waals surface area contributed by atoms with Gasteiger partial charge >= 0.3 is 0 Å². The molecule has 2 saturated carbocycles. The van der Waals surface area contributed by atoms with Gasteiger partial charge in [-0.1, -0.05) is 0 Å². The van der Waals surface area contributed by atoms with E-state index in [0.29, 0.717) is 12.1 Å². The summed E-state index contributed by atoms with van der Waals surface area (Å²) >= 11 is 0. The van der Waals surface area contributed by atoms with E-state index < -0.39 is 0 Å². The maximum Gasteiger partial charge on any atom is 0.217 e. The van der Waals surface area contributed by atoms with Crippen LogP contribution in [0.5, 0.6) is 0 Å². The van der Waals surface area contributed by atoms with Crippen molar-refractivity contribution in [2.75, 3.05) is 0 Å². The third-order valence-electron chi connectivity index (χ3n) is 3.46. The number of amides is 1. The molecule has 0 aromatic rings. The molecule has 2 rings (SSSR count). The summed E-state index contributed by atoms with van der Waals surface area (Å²) in [4.78, 5) is 10.8. The Morgan fingerprint density at radius 3 is 2.23 bits per heavy atom. The molecule has 2 fully saturated rings. The maximum atomic E-state index is 10.8. The van der Waals surface area contributed by atoms with E-state index in [1.54, 1.807) is 6.92 Å². The smallest absolute Gasteiger partial charge is 0.217 e. The van der Waals surface area contributed by atoms with Crippen LogP contribution in [0.2, 0.25) is 0 Å². The largest absolute Gasteiger partial charge is 0.354 e. The molecule has 0 aromatic carbocycles. The van der Waals surface area contributed by atoms with Gasteiger partial charge < -0.3 is 11.1 Å². The highest BCUT2D eigenvalue weighted by molar-refractivity contribution is 5.73. The molecule has 13 heavy (non-hydrogen) atoms. The highest BCUT2D eigenvalue weighted by Crippen LogP contribution is 2.43. The quantitative estimate of drug-likeness (QED) is 0.625. The van der Waals surface area contributed by atoms with E-state index in [9.17, 15) is 4.79 Å². The highest BCUT2D eigenvalue weighted by atomic mass is 16.1. The predicted octanol–water partition coefficient (Wildman–Crippen LogP) is 0.638. The summed E-state index contributed by atoms with van der Waals surface area (Å²) in [6.45, 7) is 1.60. The van der Waals surface area contributed by atoms with Crippen molar-refractivity contribution in [3.8, 4) is 0 Å². The lowest BCUT2D eigenvalue weighted by Crippen LogP contribution is -2.31. The van der Waals surface area contributed by atoms with Crippen molar-refractivity contribution in [3.05, 3.63) is 0 Å². The van der Waals surface area contributed by atoms with Crippen LogP contribution in [0, 0.1) is 11.8 Å². The van der Waals surface area contributed by atoms with Crippen molar-refractivity contribution < 1.29 is 4.79 Å². The second-order valence-corrected chi connectivity index (χ2v) is 4.62. The zero-order chi connectivity index (χ0) is 9.42. The molecule has 3 nitrogen and oxygen atoms in total. The van der Waals surface area contributed by atoms with Gasteiger partial charge in [-0.05, 0) is 37.5 Å². The second kappa shape index (κ2) is 3.29. The van der Waals surface area contributed by atoms with Crippen LogP contribution in [-0.4, -0.2) is 18.0 Å². The molecule has 2 aliphatic rings. The van der Waals surface area contributed by atoms with Crippen LogP contribution >= 0.6 is 0 Å². The Kier molecular flexibility index (Phi) is 2.28. The van der Waals surface area contributed by atoms with Gasteiger partial charge in [0.25, 0.3) is 0 Å². The lowest BCUT2D eigenvalue weighted by Gasteiger charge is -2.12. The Morgan fingerprint density at radius 2 is 1.77 bits per heavy atom. The third-order valence-corrected chi connectivity index (χ3v) is 3.46. The van der Waals surface area contributed by atoms with Crippen molar-refractivity contribution in [3.63, 3.8) is 0 Å². The lowest BCUT2D eigenvalue weighted by molar-refractivity contribution is -0.119. The van der Waals surface area contributed by atoms with Gasteiger partial charge in [0.05, 0.1) is 0 Å². The average molecular weight is 182 g/mol. The van der Waals surface area contributed by atoms with Crippen LogP contribution in [-0.2, 0) is 4.79 Å². The van der Waals surface area contributed by atoms with Gasteiger partial charge in [-0.15, -0.1) is 0 Å². The molecule has 0 heterocycles. The summed E-state index contributed by atoms with van der Waals surface area (Å²) < 4.78 is 0. The molecular formula is C10H18N2O. The molecule has 2 unspecified atom stereocenters. The summed E-state index contributed by atoms with van der Waals surface area (Å²) in [7, 11) is 0. The molecule has 2 aliphatic carbocycles. The molecule has 74 valence electrons. The van der Waals surface area contributed by atoms with E-state index in [1.807, 2.05) is 0 Å². The standard InChI is InChI=1S/C10H18N2O/c1-6(13)12-10-4-7-2-9(11)3-8(7)5-10/h7-10H,2-5,11H2,1H3,(H,12,13). The number of hydrogen-bond donors (Lipinski definition) is 2. The van der Waals surface area contributed by atoms with Crippen molar-refractivity contribution >= 4 is 5.91 Å². The summed E-state index contributed by atoms with van der Waals surface area (Å²) in [5, 5.41) is 3.01. The fourth-order valence-corrected chi connectivity index (χ4v) is 3.07. The number of carbonyl (C=O) groups is 1. The molecule has 1 amide bonds. The summed E-state index contributed by atoms with van der Waals surface area (Å²) in [5.41, 5.74) is 5.88. The minimum atomic E-state index is 0.106. The topological polar surface area (TPSA) is 55.1 Å². The summed E-state index contributed by atoms with van der Waals surface area (Å²) in [5.74, 6) is 1.67. The van der Waals surface area contributed by atoms with Crippen LogP contribution < -0.4 is 11.1 Å². The maximum absolute atomic E-state index is 10.8. The molecule has 0 spiro atoms. The average Bonchev–Trinajstić information content (AvgIpc) is 2.41. The summed E-state index contributed by atoms with van der Waals surface area (Å²) in [6, 6.07) is 0.855. The first-order chi connectivity index (χ1) is 6.15. The Morgan fingerprint density at radius 1 is 1.23 bits per heavy atom. The van der Waals surface area contributed by atoms with Gasteiger partial charge in [-0.25, -0.2) is 0 Å². The van der Waals surface area contributed by atoms with Crippen LogP contribution in [0.1, 0.15) is 32.6 Å². The minimum Gasteiger partial charge on any atom is -0.354 e. The van der Waals surface area contributed by atoms with E-state index in [-0.39, 0.29) is 5.91 Å². The van der Waals surface area contributed by atoms with Gasteiger partial charge in [-0.2, -0.15) is 0 Å². The number of rotatable bonds is 1. The van der Waals surface area contributed by atoms with Gasteiger partial charge in [0.1, 0.15) is 0 Å². The van der Waals surface area contributed by atoms with Gasteiger partial charge in [0, 0.05) is 19.0 Å². The Balaban J connectivity index is 1.86. The van der Waals surface area contributed by atoms with Crippen molar-refractivity contribution in [2.24, 2.45) is 17.6 Å². The molecule has 3 N–H and O–H groups in total. The monoisotopic (exact) mass is 182 g/mol. The van der Waals surface area contributed by atoms with Crippen LogP contribution in [0.15, 0.2) is 0 Å². The van der Waals surface area contributed by atoms with Gasteiger partial charge in [0.15, 0.2) is 0 Å². The van der Waals surface area contributed by atoms with Crippen molar-refractivity contribution in [1.29, 1.82) is 0 Å². The Bertz CT molecular complexity index is 203. The first-order valence-corrected chi connectivity index (χ1v) is 5.18. The van der Waals surface area contributed by atoms with E-state index in [4.69, 9.17) is 5.73 Å². The number of hydrogen-bond acceptors (Lipinski definition) is 2. The van der Waals surface area contributed by atoms with Gasteiger partial charge in [0.2, 0.25) is 5.91 Å². The van der Waals surface area contributed by atoms with Crippen molar-refractivity contribution in [2.45, 2.75) is 44.7 Å². The zero-order valence-corrected chi connectivity index (χ0v) is 8.12. The fraction of sp³-hybridized carbons (Fsp3) is 0.900. The fourth-order valence-electron chi connectivity index (χ4n) is 3.07. The SMILES string of the molecule is CC(=O)NC1CC2CC(N)CC2C1.